The quantitative estimate of drug-likeness (QED) is 0.163. The molecule has 0 nitrogen and oxygen atoms in total. The van der Waals surface area contributed by atoms with Gasteiger partial charge >= 0.3 is 0 Å². The molecule has 0 aliphatic rings. The van der Waals surface area contributed by atoms with Crippen molar-refractivity contribution in [3.05, 3.63) is 156 Å². The molecule has 0 heterocycles. The zero-order chi connectivity index (χ0) is 26.9. The number of fused-ring (bicyclic) bond motifs is 6. The topological polar surface area (TPSA) is 0 Å². The average Bonchev–Trinajstić information content (AvgIpc) is 2.97. The first-order chi connectivity index (χ1) is 19.0. The smallest absolute Gasteiger partial charge is 0.00177 e. The van der Waals surface area contributed by atoms with E-state index in [2.05, 4.69) is 155 Å². The molecule has 0 unspecified atom stereocenters. The highest BCUT2D eigenvalue weighted by Gasteiger charge is 2.15. The lowest BCUT2D eigenvalue weighted by Crippen LogP contribution is -1.91. The monoisotopic (exact) mass is 500 g/mol. The lowest BCUT2D eigenvalue weighted by atomic mass is 9.86. The largest absolute Gasteiger partial charge is 0.0912 e. The summed E-state index contributed by atoms with van der Waals surface area (Å²) in [6.07, 6.45) is 6.40. The van der Waals surface area contributed by atoms with E-state index in [9.17, 15) is 0 Å². The van der Waals surface area contributed by atoms with Crippen molar-refractivity contribution in [1.29, 1.82) is 0 Å². The number of hydrogen-bond acceptors (Lipinski definition) is 0. The maximum absolute atomic E-state index is 4.28. The fourth-order valence-corrected chi connectivity index (χ4v) is 5.79. The number of benzene rings is 6. The van der Waals surface area contributed by atoms with Crippen molar-refractivity contribution < 1.29 is 0 Å². The first-order valence-corrected chi connectivity index (χ1v) is 13.6. The summed E-state index contributed by atoms with van der Waals surface area (Å²) in [6, 6.07) is 39.5. The molecule has 0 aliphatic heterocycles. The van der Waals surface area contributed by atoms with Gasteiger partial charge in [-0.15, -0.1) is 0 Å². The fraction of sp³-hybridized carbons (Fsp3) is 0.0769. The van der Waals surface area contributed by atoms with Crippen LogP contribution in [0.4, 0.5) is 0 Å². The molecule has 0 saturated heterocycles. The van der Waals surface area contributed by atoms with Crippen molar-refractivity contribution in [3.63, 3.8) is 0 Å². The van der Waals surface area contributed by atoms with Crippen LogP contribution in [-0.4, -0.2) is 0 Å². The molecule has 6 aromatic rings. The number of allylic oxidation sites excluding steroid dienone is 5. The van der Waals surface area contributed by atoms with Crippen LogP contribution in [0.1, 0.15) is 29.2 Å². The van der Waals surface area contributed by atoms with Gasteiger partial charge in [-0.1, -0.05) is 128 Å². The molecule has 0 radical (unpaired) electrons. The summed E-state index contributed by atoms with van der Waals surface area (Å²) in [5.41, 5.74) is 9.76. The number of hydrogen-bond donors (Lipinski definition) is 0. The SMILES string of the molecule is C=C(/C=C\C=C(/C)c1ccc2c(c1)c1ccccc1c1c(-c3ccccc3)ccc(C)c21)c1ccccc1C. The third-order valence-electron chi connectivity index (χ3n) is 7.86. The van der Waals surface area contributed by atoms with Gasteiger partial charge in [0.25, 0.3) is 0 Å². The Balaban J connectivity index is 1.50. The predicted molar refractivity (Wildman–Crippen MR) is 172 cm³/mol. The van der Waals surface area contributed by atoms with Crippen molar-refractivity contribution in [2.45, 2.75) is 20.8 Å². The normalized spacial score (nSPS) is 12.1. The van der Waals surface area contributed by atoms with Crippen molar-refractivity contribution >= 4 is 43.5 Å². The molecule has 0 spiro atoms. The lowest BCUT2D eigenvalue weighted by Gasteiger charge is -2.17. The highest BCUT2D eigenvalue weighted by atomic mass is 14.2. The van der Waals surface area contributed by atoms with Gasteiger partial charge in [-0.25, -0.2) is 0 Å². The third kappa shape index (κ3) is 4.49. The third-order valence-corrected chi connectivity index (χ3v) is 7.86. The molecular formula is C39H32. The van der Waals surface area contributed by atoms with Gasteiger partial charge in [0.05, 0.1) is 0 Å². The molecule has 0 fully saturated rings. The van der Waals surface area contributed by atoms with Crippen molar-refractivity contribution in [2.75, 3.05) is 0 Å². The van der Waals surface area contributed by atoms with E-state index >= 15 is 0 Å². The average molecular weight is 501 g/mol. The fourth-order valence-electron chi connectivity index (χ4n) is 5.79. The molecule has 0 N–H and O–H groups in total. The van der Waals surface area contributed by atoms with E-state index in [1.807, 2.05) is 0 Å². The van der Waals surface area contributed by atoms with Gasteiger partial charge in [0, 0.05) is 0 Å². The molecule has 6 aromatic carbocycles. The minimum Gasteiger partial charge on any atom is -0.0912 e. The second-order valence-corrected chi connectivity index (χ2v) is 10.4. The van der Waals surface area contributed by atoms with E-state index in [4.69, 9.17) is 0 Å². The van der Waals surface area contributed by atoms with E-state index in [-0.39, 0.29) is 0 Å². The van der Waals surface area contributed by atoms with Gasteiger partial charge < -0.3 is 0 Å². The summed E-state index contributed by atoms with van der Waals surface area (Å²) in [5.74, 6) is 0. The van der Waals surface area contributed by atoms with Crippen LogP contribution in [0.5, 0.6) is 0 Å². The standard InChI is InChI=1S/C39H32/c1-26(14-12-15-28(3)32-18-9-8-13-27(32)2)31-22-24-36-37(25-31)34-19-10-11-20-35(34)39-33(23-21-29(4)38(36)39)30-16-6-5-7-17-30/h5-25H,3H2,1-2,4H3/b15-12-,26-14+. The zero-order valence-electron chi connectivity index (χ0n) is 22.8. The van der Waals surface area contributed by atoms with Gasteiger partial charge in [-0.3, -0.25) is 0 Å². The Bertz CT molecular complexity index is 1930. The minimum atomic E-state index is 1.03. The molecule has 39 heavy (non-hydrogen) atoms. The molecule has 0 aliphatic carbocycles. The van der Waals surface area contributed by atoms with Gasteiger partial charge in [0.15, 0.2) is 0 Å². The van der Waals surface area contributed by atoms with Gasteiger partial charge in [0.1, 0.15) is 0 Å². The Hall–Kier alpha value is -4.68. The van der Waals surface area contributed by atoms with E-state index in [1.54, 1.807) is 0 Å². The molecule has 0 saturated carbocycles. The van der Waals surface area contributed by atoms with E-state index in [1.165, 1.54) is 71.3 Å². The maximum Gasteiger partial charge on any atom is -0.00177 e. The molecule has 0 atom stereocenters. The molecule has 0 aromatic heterocycles. The maximum atomic E-state index is 4.28. The van der Waals surface area contributed by atoms with Crippen LogP contribution in [0, 0.1) is 13.8 Å². The summed E-state index contributed by atoms with van der Waals surface area (Å²) < 4.78 is 0. The van der Waals surface area contributed by atoms with Crippen LogP contribution >= 0.6 is 0 Å². The van der Waals surface area contributed by atoms with Crippen LogP contribution in [0.3, 0.4) is 0 Å². The van der Waals surface area contributed by atoms with Crippen LogP contribution in [0.25, 0.3) is 54.6 Å². The highest BCUT2D eigenvalue weighted by molar-refractivity contribution is 6.29. The summed E-state index contributed by atoms with van der Waals surface area (Å²) in [4.78, 5) is 0. The molecule has 0 heteroatoms. The van der Waals surface area contributed by atoms with Crippen LogP contribution in [-0.2, 0) is 0 Å². The van der Waals surface area contributed by atoms with Crippen molar-refractivity contribution in [2.24, 2.45) is 0 Å². The van der Waals surface area contributed by atoms with Crippen molar-refractivity contribution in [3.8, 4) is 11.1 Å². The van der Waals surface area contributed by atoms with E-state index in [0.29, 0.717) is 0 Å². The molecule has 6 rings (SSSR count). The lowest BCUT2D eigenvalue weighted by molar-refractivity contribution is 1.43. The summed E-state index contributed by atoms with van der Waals surface area (Å²) in [5, 5.41) is 7.87. The second kappa shape index (κ2) is 10.2. The van der Waals surface area contributed by atoms with Gasteiger partial charge in [-0.2, -0.15) is 0 Å². The van der Waals surface area contributed by atoms with Gasteiger partial charge in [-0.05, 0) is 104 Å². The molecule has 0 bridgehead atoms. The Labute approximate surface area is 231 Å². The second-order valence-electron chi connectivity index (χ2n) is 10.4. The Morgan fingerprint density at radius 2 is 1.31 bits per heavy atom. The zero-order valence-corrected chi connectivity index (χ0v) is 22.8. The summed E-state index contributed by atoms with van der Waals surface area (Å²) in [7, 11) is 0. The van der Waals surface area contributed by atoms with Crippen LogP contribution < -0.4 is 0 Å². The Morgan fingerprint density at radius 1 is 0.615 bits per heavy atom. The van der Waals surface area contributed by atoms with Gasteiger partial charge in [0.2, 0.25) is 0 Å². The predicted octanol–water partition coefficient (Wildman–Crippen LogP) is 11.1. The summed E-state index contributed by atoms with van der Waals surface area (Å²) >= 11 is 0. The molecule has 188 valence electrons. The molecular weight excluding hydrogens is 468 g/mol. The van der Waals surface area contributed by atoms with Crippen molar-refractivity contribution in [1.82, 2.24) is 0 Å². The summed E-state index contributed by atoms with van der Waals surface area (Å²) in [6.45, 7) is 10.8. The van der Waals surface area contributed by atoms with Crippen LogP contribution in [0.2, 0.25) is 0 Å². The van der Waals surface area contributed by atoms with E-state index < -0.39 is 0 Å². The first-order valence-electron chi connectivity index (χ1n) is 13.6. The van der Waals surface area contributed by atoms with E-state index in [0.717, 1.165) is 5.57 Å². The minimum absolute atomic E-state index is 1.03. The molecule has 0 amide bonds. The first kappa shape index (κ1) is 24.6. The number of rotatable bonds is 5. The highest BCUT2D eigenvalue weighted by Crippen LogP contribution is 2.42. The Kier molecular flexibility index (Phi) is 6.47. The van der Waals surface area contributed by atoms with Crippen LogP contribution in [0.15, 0.2) is 134 Å². The number of aryl methyl sites for hydroxylation is 2. The Morgan fingerprint density at radius 3 is 2.10 bits per heavy atom.